The average Bonchev–Trinajstić information content (AvgIpc) is 2.51. The highest BCUT2D eigenvalue weighted by Gasteiger charge is 2.05. The van der Waals surface area contributed by atoms with Crippen molar-refractivity contribution in [3.05, 3.63) is 41.7 Å². The van der Waals surface area contributed by atoms with Gasteiger partial charge in [-0.1, -0.05) is 12.1 Å². The van der Waals surface area contributed by atoms with Crippen LogP contribution in [0.4, 0.5) is 11.6 Å². The molecule has 0 spiro atoms. The molecule has 2 rings (SSSR count). The number of aromatic nitrogens is 2. The molecule has 1 aromatic carbocycles. The summed E-state index contributed by atoms with van der Waals surface area (Å²) in [6.45, 7) is 5.74. The Labute approximate surface area is 125 Å². The van der Waals surface area contributed by atoms with Crippen molar-refractivity contribution in [1.82, 2.24) is 9.97 Å². The lowest BCUT2D eigenvalue weighted by molar-refractivity contribution is 0.414. The van der Waals surface area contributed by atoms with Gasteiger partial charge in [0, 0.05) is 18.7 Å². The molecule has 0 aliphatic rings. The van der Waals surface area contributed by atoms with Gasteiger partial charge >= 0.3 is 0 Å². The number of nitrogens with one attached hydrogen (secondary N) is 2. The van der Waals surface area contributed by atoms with Crippen molar-refractivity contribution in [3.8, 4) is 5.75 Å². The summed E-state index contributed by atoms with van der Waals surface area (Å²) < 4.78 is 5.23. The molecule has 0 unspecified atom stereocenters. The van der Waals surface area contributed by atoms with Gasteiger partial charge in [0.1, 0.15) is 23.7 Å². The van der Waals surface area contributed by atoms with Crippen LogP contribution in [0.15, 0.2) is 30.6 Å². The first-order valence-corrected chi connectivity index (χ1v) is 7.17. The standard InChI is InChI=1S/C16H22N4O/c1-4-17-15-12(2)16(20-11-19-15)18-9-8-13-6-5-7-14(10-13)21-3/h5-7,10-11H,4,8-9H2,1-3H3,(H2,17,18,19,20). The number of methoxy groups -OCH3 is 1. The highest BCUT2D eigenvalue weighted by molar-refractivity contribution is 5.56. The van der Waals surface area contributed by atoms with Crippen LogP contribution in [0.1, 0.15) is 18.1 Å². The van der Waals surface area contributed by atoms with E-state index in [1.807, 2.05) is 19.1 Å². The number of hydrogen-bond donors (Lipinski definition) is 2. The molecule has 0 fully saturated rings. The molecule has 1 aromatic heterocycles. The first-order chi connectivity index (χ1) is 10.2. The molecule has 112 valence electrons. The van der Waals surface area contributed by atoms with E-state index in [1.54, 1.807) is 13.4 Å². The topological polar surface area (TPSA) is 59.1 Å². The average molecular weight is 286 g/mol. The van der Waals surface area contributed by atoms with Crippen molar-refractivity contribution >= 4 is 11.6 Å². The van der Waals surface area contributed by atoms with Crippen LogP contribution in [0.3, 0.4) is 0 Å². The molecule has 0 aliphatic heterocycles. The Kier molecular flexibility index (Phi) is 5.37. The molecular weight excluding hydrogens is 264 g/mol. The predicted molar refractivity (Wildman–Crippen MR) is 86.1 cm³/mol. The van der Waals surface area contributed by atoms with Crippen molar-refractivity contribution in [2.45, 2.75) is 20.3 Å². The molecule has 2 aromatic rings. The van der Waals surface area contributed by atoms with Gasteiger partial charge in [-0.15, -0.1) is 0 Å². The van der Waals surface area contributed by atoms with Crippen LogP contribution in [0.5, 0.6) is 5.75 Å². The van der Waals surface area contributed by atoms with Gasteiger partial charge in [0.15, 0.2) is 0 Å². The van der Waals surface area contributed by atoms with E-state index in [0.717, 1.165) is 42.5 Å². The summed E-state index contributed by atoms with van der Waals surface area (Å²) in [5.41, 5.74) is 2.28. The molecule has 0 saturated heterocycles. The van der Waals surface area contributed by atoms with E-state index >= 15 is 0 Å². The van der Waals surface area contributed by atoms with Gasteiger partial charge in [0.2, 0.25) is 0 Å². The number of benzene rings is 1. The van der Waals surface area contributed by atoms with E-state index in [9.17, 15) is 0 Å². The van der Waals surface area contributed by atoms with Gasteiger partial charge in [-0.25, -0.2) is 9.97 Å². The van der Waals surface area contributed by atoms with E-state index in [4.69, 9.17) is 4.74 Å². The minimum Gasteiger partial charge on any atom is -0.497 e. The molecule has 0 bridgehead atoms. The van der Waals surface area contributed by atoms with Gasteiger partial charge in [0.25, 0.3) is 0 Å². The summed E-state index contributed by atoms with van der Waals surface area (Å²) in [6.07, 6.45) is 2.50. The maximum atomic E-state index is 5.23. The SMILES string of the molecule is CCNc1ncnc(NCCc2cccc(OC)c2)c1C. The summed E-state index contributed by atoms with van der Waals surface area (Å²) in [7, 11) is 1.68. The summed E-state index contributed by atoms with van der Waals surface area (Å²) in [5, 5.41) is 6.60. The number of ether oxygens (including phenoxy) is 1. The van der Waals surface area contributed by atoms with Crippen LogP contribution < -0.4 is 15.4 Å². The smallest absolute Gasteiger partial charge is 0.134 e. The quantitative estimate of drug-likeness (QED) is 0.819. The van der Waals surface area contributed by atoms with Crippen LogP contribution in [-0.2, 0) is 6.42 Å². The fourth-order valence-electron chi connectivity index (χ4n) is 2.13. The molecule has 0 aliphatic carbocycles. The maximum Gasteiger partial charge on any atom is 0.134 e. The lowest BCUT2D eigenvalue weighted by atomic mass is 10.1. The van der Waals surface area contributed by atoms with Gasteiger partial charge in [-0.3, -0.25) is 0 Å². The molecular formula is C16H22N4O. The van der Waals surface area contributed by atoms with Crippen molar-refractivity contribution in [2.24, 2.45) is 0 Å². The van der Waals surface area contributed by atoms with E-state index in [1.165, 1.54) is 5.56 Å². The normalized spacial score (nSPS) is 10.2. The zero-order valence-electron chi connectivity index (χ0n) is 12.8. The third kappa shape index (κ3) is 4.08. The monoisotopic (exact) mass is 286 g/mol. The van der Waals surface area contributed by atoms with Gasteiger partial charge in [-0.2, -0.15) is 0 Å². The van der Waals surface area contributed by atoms with Crippen LogP contribution >= 0.6 is 0 Å². The molecule has 5 heteroatoms. The number of nitrogens with zero attached hydrogens (tertiary/aromatic N) is 2. The molecule has 0 atom stereocenters. The summed E-state index contributed by atoms with van der Waals surface area (Å²) >= 11 is 0. The molecule has 0 saturated carbocycles. The first-order valence-electron chi connectivity index (χ1n) is 7.17. The van der Waals surface area contributed by atoms with Crippen LogP contribution in [0.2, 0.25) is 0 Å². The molecule has 5 nitrogen and oxygen atoms in total. The second kappa shape index (κ2) is 7.47. The third-order valence-corrected chi connectivity index (χ3v) is 3.27. The highest BCUT2D eigenvalue weighted by atomic mass is 16.5. The Balaban J connectivity index is 1.95. The minimum absolute atomic E-state index is 0.816. The third-order valence-electron chi connectivity index (χ3n) is 3.27. The highest BCUT2D eigenvalue weighted by Crippen LogP contribution is 2.18. The summed E-state index contributed by atoms with van der Waals surface area (Å²) in [4.78, 5) is 8.54. The van der Waals surface area contributed by atoms with Gasteiger partial charge in [-0.05, 0) is 38.0 Å². The van der Waals surface area contributed by atoms with E-state index in [2.05, 4.69) is 39.7 Å². The predicted octanol–water partition coefficient (Wildman–Crippen LogP) is 2.88. The summed E-state index contributed by atoms with van der Waals surface area (Å²) in [5.74, 6) is 2.65. The molecule has 1 heterocycles. The Morgan fingerprint density at radius 1 is 1.14 bits per heavy atom. The lowest BCUT2D eigenvalue weighted by Crippen LogP contribution is -2.10. The number of hydrogen-bond acceptors (Lipinski definition) is 5. The largest absolute Gasteiger partial charge is 0.497 e. The van der Waals surface area contributed by atoms with Crippen LogP contribution in [0.25, 0.3) is 0 Å². The fraction of sp³-hybridized carbons (Fsp3) is 0.375. The van der Waals surface area contributed by atoms with Crippen molar-refractivity contribution in [3.63, 3.8) is 0 Å². The molecule has 21 heavy (non-hydrogen) atoms. The first kappa shape index (κ1) is 15.1. The molecule has 2 N–H and O–H groups in total. The summed E-state index contributed by atoms with van der Waals surface area (Å²) in [6, 6.07) is 8.11. The second-order valence-electron chi connectivity index (χ2n) is 4.75. The van der Waals surface area contributed by atoms with Crippen molar-refractivity contribution < 1.29 is 4.74 Å². The Morgan fingerprint density at radius 2 is 1.90 bits per heavy atom. The Bertz CT molecular complexity index is 586. The van der Waals surface area contributed by atoms with E-state index < -0.39 is 0 Å². The molecule has 0 amide bonds. The maximum absolute atomic E-state index is 5.23. The van der Waals surface area contributed by atoms with Crippen molar-refractivity contribution in [2.75, 3.05) is 30.8 Å². The van der Waals surface area contributed by atoms with Gasteiger partial charge in [0.05, 0.1) is 7.11 Å². The van der Waals surface area contributed by atoms with Gasteiger partial charge < -0.3 is 15.4 Å². The second-order valence-corrected chi connectivity index (χ2v) is 4.75. The zero-order chi connectivity index (χ0) is 15.1. The van der Waals surface area contributed by atoms with E-state index in [-0.39, 0.29) is 0 Å². The van der Waals surface area contributed by atoms with Crippen LogP contribution in [0, 0.1) is 6.92 Å². The molecule has 0 radical (unpaired) electrons. The van der Waals surface area contributed by atoms with E-state index in [0.29, 0.717) is 0 Å². The Morgan fingerprint density at radius 3 is 2.62 bits per heavy atom. The lowest BCUT2D eigenvalue weighted by Gasteiger charge is -2.12. The minimum atomic E-state index is 0.816. The fourth-order valence-corrected chi connectivity index (χ4v) is 2.13. The van der Waals surface area contributed by atoms with Crippen LogP contribution in [-0.4, -0.2) is 30.2 Å². The number of rotatable bonds is 7. The number of anilines is 2. The zero-order valence-corrected chi connectivity index (χ0v) is 12.8. The Hall–Kier alpha value is -2.30. The van der Waals surface area contributed by atoms with Crippen molar-refractivity contribution in [1.29, 1.82) is 0 Å².